The zero-order chi connectivity index (χ0) is 20.5. The fraction of sp³-hybridized carbons (Fsp3) is 0.111. The Hall–Kier alpha value is -3.79. The first-order valence-corrected chi connectivity index (χ1v) is 8.86. The molecule has 3 aromatic rings. The van der Waals surface area contributed by atoms with Crippen molar-refractivity contribution in [2.45, 2.75) is 12.5 Å². The summed E-state index contributed by atoms with van der Waals surface area (Å²) in [6.07, 6.45) is -0.142. The van der Waals surface area contributed by atoms with Crippen LogP contribution in [0.4, 0.5) is 17.3 Å². The maximum absolute atomic E-state index is 12.8. The van der Waals surface area contributed by atoms with Gasteiger partial charge in [-0.25, -0.2) is 4.68 Å². The van der Waals surface area contributed by atoms with Crippen LogP contribution in [0.2, 0.25) is 5.02 Å². The van der Waals surface area contributed by atoms with Gasteiger partial charge in [-0.2, -0.15) is 4.98 Å². The molecule has 2 amide bonds. The molecule has 1 aliphatic heterocycles. The number of hydrogen-bond donors (Lipinski definition) is 2. The Morgan fingerprint density at radius 1 is 1.28 bits per heavy atom. The lowest BCUT2D eigenvalue weighted by Crippen LogP contribution is -2.36. The minimum atomic E-state index is -0.952. The molecule has 0 bridgehead atoms. The minimum absolute atomic E-state index is 0.142. The summed E-state index contributed by atoms with van der Waals surface area (Å²) in [7, 11) is 0. The maximum atomic E-state index is 12.8. The number of carbonyl (C=O) groups excluding carboxylic acids is 2. The number of aromatic nitrogens is 3. The maximum Gasteiger partial charge on any atom is 0.271 e. The molecule has 10 nitrogen and oxygen atoms in total. The fourth-order valence-electron chi connectivity index (χ4n) is 2.91. The fourth-order valence-corrected chi connectivity index (χ4v) is 3.04. The van der Waals surface area contributed by atoms with Crippen molar-refractivity contribution in [2.24, 2.45) is 0 Å². The van der Waals surface area contributed by atoms with Gasteiger partial charge in [0.25, 0.3) is 5.69 Å². The number of nitrogens with one attached hydrogen (secondary N) is 2. The van der Waals surface area contributed by atoms with Crippen LogP contribution in [0.25, 0.3) is 11.4 Å². The van der Waals surface area contributed by atoms with E-state index < -0.39 is 16.9 Å². The number of carbonyl (C=O) groups is 2. The highest BCUT2D eigenvalue weighted by atomic mass is 35.5. The number of fused-ring (bicyclic) bond motifs is 1. The molecule has 2 aromatic carbocycles. The van der Waals surface area contributed by atoms with Gasteiger partial charge in [0.05, 0.1) is 11.3 Å². The molecular formula is C18H13ClN6O4. The van der Waals surface area contributed by atoms with Crippen LogP contribution in [-0.2, 0) is 9.59 Å². The van der Waals surface area contributed by atoms with Gasteiger partial charge in [0.15, 0.2) is 5.82 Å². The van der Waals surface area contributed by atoms with Crippen LogP contribution in [0.3, 0.4) is 0 Å². The molecule has 11 heteroatoms. The van der Waals surface area contributed by atoms with E-state index in [-0.39, 0.29) is 29.7 Å². The average molecular weight is 413 g/mol. The zero-order valence-corrected chi connectivity index (χ0v) is 15.5. The molecular weight excluding hydrogens is 400 g/mol. The SMILES string of the molecule is O=C1C[C@H](C(=O)Nc2cccc([N+](=O)[O-])c2)n2nc(-c3ccc(Cl)cc3)nc2N1. The van der Waals surface area contributed by atoms with Crippen molar-refractivity contribution < 1.29 is 14.5 Å². The molecule has 0 saturated heterocycles. The average Bonchev–Trinajstić information content (AvgIpc) is 3.11. The van der Waals surface area contributed by atoms with E-state index in [2.05, 4.69) is 20.7 Å². The lowest BCUT2D eigenvalue weighted by molar-refractivity contribution is -0.384. The second-order valence-corrected chi connectivity index (χ2v) is 6.71. The molecule has 0 spiro atoms. The number of non-ortho nitro benzene ring substituents is 1. The topological polar surface area (TPSA) is 132 Å². The molecule has 0 unspecified atom stereocenters. The molecule has 29 heavy (non-hydrogen) atoms. The summed E-state index contributed by atoms with van der Waals surface area (Å²) in [6, 6.07) is 11.4. The molecule has 0 fully saturated rings. The number of nitro benzene ring substituents is 1. The number of nitrogens with zero attached hydrogens (tertiary/aromatic N) is 4. The van der Waals surface area contributed by atoms with E-state index in [1.165, 1.54) is 28.9 Å². The van der Waals surface area contributed by atoms with E-state index in [0.717, 1.165) is 0 Å². The highest BCUT2D eigenvalue weighted by molar-refractivity contribution is 6.30. The van der Waals surface area contributed by atoms with Gasteiger partial charge in [0, 0.05) is 28.4 Å². The summed E-state index contributed by atoms with van der Waals surface area (Å²) in [6.45, 7) is 0. The van der Waals surface area contributed by atoms with Crippen LogP contribution in [0.5, 0.6) is 0 Å². The van der Waals surface area contributed by atoms with E-state index in [0.29, 0.717) is 16.4 Å². The van der Waals surface area contributed by atoms with Crippen molar-refractivity contribution >= 4 is 40.7 Å². The number of rotatable bonds is 4. The van der Waals surface area contributed by atoms with Gasteiger partial charge >= 0.3 is 0 Å². The third kappa shape index (κ3) is 3.78. The lowest BCUT2D eigenvalue weighted by Gasteiger charge is -2.22. The van der Waals surface area contributed by atoms with Gasteiger partial charge in [-0.15, -0.1) is 5.10 Å². The highest BCUT2D eigenvalue weighted by Crippen LogP contribution is 2.28. The molecule has 4 rings (SSSR count). The third-order valence-corrected chi connectivity index (χ3v) is 4.54. The molecule has 1 atom stereocenters. The Kier molecular flexibility index (Phi) is 4.69. The third-order valence-electron chi connectivity index (χ3n) is 4.29. The second-order valence-electron chi connectivity index (χ2n) is 6.28. The van der Waals surface area contributed by atoms with E-state index in [4.69, 9.17) is 11.6 Å². The Labute approximate surface area is 168 Å². The van der Waals surface area contributed by atoms with Crippen LogP contribution in [-0.4, -0.2) is 31.5 Å². The van der Waals surface area contributed by atoms with E-state index in [1.807, 2.05) is 0 Å². The van der Waals surface area contributed by atoms with Crippen LogP contribution in [0, 0.1) is 10.1 Å². The molecule has 2 N–H and O–H groups in total. The summed E-state index contributed by atoms with van der Waals surface area (Å²) in [5.41, 5.74) is 0.758. The number of benzene rings is 2. The van der Waals surface area contributed by atoms with Crippen LogP contribution >= 0.6 is 11.6 Å². The zero-order valence-electron chi connectivity index (χ0n) is 14.7. The largest absolute Gasteiger partial charge is 0.324 e. The monoisotopic (exact) mass is 412 g/mol. The molecule has 0 radical (unpaired) electrons. The summed E-state index contributed by atoms with van der Waals surface area (Å²) in [4.78, 5) is 39.5. The summed E-state index contributed by atoms with van der Waals surface area (Å²) >= 11 is 5.89. The Morgan fingerprint density at radius 3 is 2.76 bits per heavy atom. The Balaban J connectivity index is 1.63. The summed E-state index contributed by atoms with van der Waals surface area (Å²) in [5.74, 6) is -0.446. The van der Waals surface area contributed by atoms with E-state index in [9.17, 15) is 19.7 Å². The van der Waals surface area contributed by atoms with Crippen LogP contribution < -0.4 is 10.6 Å². The molecule has 2 heterocycles. The minimum Gasteiger partial charge on any atom is -0.324 e. The molecule has 1 aliphatic rings. The van der Waals surface area contributed by atoms with Gasteiger partial charge in [0.2, 0.25) is 17.8 Å². The first-order chi connectivity index (χ1) is 13.9. The Bertz CT molecular complexity index is 1130. The molecule has 1 aromatic heterocycles. The predicted molar refractivity (Wildman–Crippen MR) is 104 cm³/mol. The van der Waals surface area contributed by atoms with Crippen LogP contribution in [0.1, 0.15) is 12.5 Å². The van der Waals surface area contributed by atoms with Crippen molar-refractivity contribution in [2.75, 3.05) is 10.6 Å². The number of halogens is 1. The normalized spacial score (nSPS) is 15.3. The number of anilines is 2. The lowest BCUT2D eigenvalue weighted by atomic mass is 10.1. The van der Waals surface area contributed by atoms with E-state index >= 15 is 0 Å². The summed E-state index contributed by atoms with van der Waals surface area (Å²) < 4.78 is 1.33. The first-order valence-electron chi connectivity index (χ1n) is 8.48. The van der Waals surface area contributed by atoms with Gasteiger partial charge < -0.3 is 5.32 Å². The van der Waals surface area contributed by atoms with E-state index in [1.54, 1.807) is 24.3 Å². The van der Waals surface area contributed by atoms with Crippen molar-refractivity contribution in [3.8, 4) is 11.4 Å². The van der Waals surface area contributed by atoms with Gasteiger partial charge in [-0.1, -0.05) is 17.7 Å². The van der Waals surface area contributed by atoms with Crippen molar-refractivity contribution in [1.82, 2.24) is 14.8 Å². The van der Waals surface area contributed by atoms with Gasteiger partial charge in [-0.3, -0.25) is 25.0 Å². The quantitative estimate of drug-likeness (QED) is 0.500. The number of hydrogen-bond acceptors (Lipinski definition) is 6. The number of amides is 2. The van der Waals surface area contributed by atoms with Gasteiger partial charge in [0.1, 0.15) is 6.04 Å². The molecule has 0 saturated carbocycles. The van der Waals surface area contributed by atoms with Crippen molar-refractivity contribution in [3.05, 3.63) is 63.7 Å². The first kappa shape index (κ1) is 18.6. The summed E-state index contributed by atoms with van der Waals surface area (Å²) in [5, 5.41) is 21.0. The predicted octanol–water partition coefficient (Wildman–Crippen LogP) is 3.03. The standard InChI is InChI=1S/C18H13ClN6O4/c19-11-6-4-10(5-7-11)16-22-18-21-15(26)9-14(24(18)23-16)17(27)20-12-2-1-3-13(8-12)25(28)29/h1-8,14H,9H2,(H,20,27)(H,21,22,23,26)/t14-/m1/s1. The van der Waals surface area contributed by atoms with Crippen molar-refractivity contribution in [1.29, 1.82) is 0 Å². The van der Waals surface area contributed by atoms with Crippen LogP contribution in [0.15, 0.2) is 48.5 Å². The van der Waals surface area contributed by atoms with Gasteiger partial charge in [-0.05, 0) is 30.3 Å². The molecule has 146 valence electrons. The highest BCUT2D eigenvalue weighted by Gasteiger charge is 2.33. The number of nitro groups is 1. The second kappa shape index (κ2) is 7.32. The Morgan fingerprint density at radius 2 is 2.03 bits per heavy atom. The van der Waals surface area contributed by atoms with Crippen molar-refractivity contribution in [3.63, 3.8) is 0 Å². The smallest absolute Gasteiger partial charge is 0.271 e. The molecule has 0 aliphatic carbocycles.